The number of rotatable bonds is 2. The van der Waals surface area contributed by atoms with E-state index in [-0.39, 0.29) is 5.91 Å². The van der Waals surface area contributed by atoms with E-state index in [0.717, 1.165) is 17.9 Å². The molecule has 2 aromatic rings. The Balaban J connectivity index is 1.84. The van der Waals surface area contributed by atoms with Crippen LogP contribution in [-0.2, 0) is 12.2 Å². The van der Waals surface area contributed by atoms with Crippen molar-refractivity contribution in [3.63, 3.8) is 0 Å². The molecule has 1 aromatic carbocycles. The summed E-state index contributed by atoms with van der Waals surface area (Å²) >= 11 is 3.44. The summed E-state index contributed by atoms with van der Waals surface area (Å²) in [6.45, 7) is 0. The third-order valence-corrected chi connectivity index (χ3v) is 5.51. The van der Waals surface area contributed by atoms with E-state index in [1.165, 1.54) is 10.4 Å². The number of nitrogens with zero attached hydrogens (tertiary/aromatic N) is 1. The molecule has 0 saturated heterocycles. The maximum absolute atomic E-state index is 12.3. The molecule has 106 valence electrons. The summed E-state index contributed by atoms with van der Waals surface area (Å²) in [5, 5.41) is 11.9. The van der Waals surface area contributed by atoms with Gasteiger partial charge in [-0.3, -0.25) is 4.79 Å². The molecule has 0 bridgehead atoms. The summed E-state index contributed by atoms with van der Waals surface area (Å²) in [6, 6.07) is 8.91. The fraction of sp³-hybridized carbons (Fsp3) is 0.200. The molecule has 3 rings (SSSR count). The van der Waals surface area contributed by atoms with Gasteiger partial charge in [0.1, 0.15) is 6.07 Å². The van der Waals surface area contributed by atoms with Crippen LogP contribution in [0, 0.1) is 11.3 Å². The number of nitriles is 1. The van der Waals surface area contributed by atoms with E-state index in [1.807, 2.05) is 23.9 Å². The average Bonchev–Trinajstić information content (AvgIpc) is 2.93. The lowest BCUT2D eigenvalue weighted by molar-refractivity contribution is 0.103. The maximum atomic E-state index is 12.3. The minimum atomic E-state index is -0.166. The zero-order valence-electron chi connectivity index (χ0n) is 11.2. The van der Waals surface area contributed by atoms with E-state index < -0.39 is 0 Å². The topological polar surface area (TPSA) is 78.9 Å². The number of carbonyl (C=O) groups excluding carboxylic acids is 1. The second-order valence-electron chi connectivity index (χ2n) is 4.73. The number of nitrogen functional groups attached to an aromatic ring is 1. The Bertz CT molecular complexity index is 722. The lowest BCUT2D eigenvalue weighted by Gasteiger charge is -2.08. The van der Waals surface area contributed by atoms with Gasteiger partial charge in [0, 0.05) is 16.3 Å². The molecular formula is C15H13N3OS2. The first-order valence-electron chi connectivity index (χ1n) is 6.47. The summed E-state index contributed by atoms with van der Waals surface area (Å²) in [6.07, 6.45) is 1.03. The molecule has 0 aliphatic carbocycles. The fourth-order valence-corrected chi connectivity index (χ4v) is 4.47. The number of thioether (sulfide) groups is 1. The largest absolute Gasteiger partial charge is 0.399 e. The zero-order valence-corrected chi connectivity index (χ0v) is 12.8. The summed E-state index contributed by atoms with van der Waals surface area (Å²) in [5.41, 5.74) is 8.29. The monoisotopic (exact) mass is 315 g/mol. The van der Waals surface area contributed by atoms with Crippen molar-refractivity contribution < 1.29 is 4.79 Å². The number of benzene rings is 1. The number of amides is 1. The average molecular weight is 315 g/mol. The molecule has 0 atom stereocenters. The van der Waals surface area contributed by atoms with Gasteiger partial charge in [0.15, 0.2) is 0 Å². The lowest BCUT2D eigenvalue weighted by atomic mass is 10.1. The third kappa shape index (κ3) is 2.89. The van der Waals surface area contributed by atoms with E-state index in [9.17, 15) is 4.79 Å². The Labute approximate surface area is 131 Å². The van der Waals surface area contributed by atoms with E-state index in [2.05, 4.69) is 5.32 Å². The standard InChI is InChI=1S/C15H13N3OS2/c16-7-9-5-11(17)1-2-12(9)18-15(19)14-6-10-8-20-4-3-13(10)21-14/h1-2,5-6H,3-4,8,17H2,(H,18,19). The first kappa shape index (κ1) is 14.0. The smallest absolute Gasteiger partial charge is 0.265 e. The molecule has 6 heteroatoms. The van der Waals surface area contributed by atoms with Crippen LogP contribution in [0.15, 0.2) is 24.3 Å². The van der Waals surface area contributed by atoms with E-state index >= 15 is 0 Å². The van der Waals surface area contributed by atoms with Crippen LogP contribution >= 0.6 is 23.1 Å². The first-order valence-corrected chi connectivity index (χ1v) is 8.45. The summed E-state index contributed by atoms with van der Waals surface area (Å²) in [7, 11) is 0. The van der Waals surface area contributed by atoms with Crippen molar-refractivity contribution in [3.05, 3.63) is 45.1 Å². The van der Waals surface area contributed by atoms with Crippen molar-refractivity contribution in [2.24, 2.45) is 0 Å². The van der Waals surface area contributed by atoms with E-state index in [1.54, 1.807) is 29.5 Å². The first-order chi connectivity index (χ1) is 10.2. The van der Waals surface area contributed by atoms with Gasteiger partial charge in [0.25, 0.3) is 5.91 Å². The quantitative estimate of drug-likeness (QED) is 0.834. The van der Waals surface area contributed by atoms with Crippen LogP contribution in [0.25, 0.3) is 0 Å². The molecule has 3 N–H and O–H groups in total. The van der Waals surface area contributed by atoms with Crippen LogP contribution in [0.1, 0.15) is 25.7 Å². The van der Waals surface area contributed by atoms with Gasteiger partial charge in [0.05, 0.1) is 16.1 Å². The molecule has 1 aromatic heterocycles. The molecule has 0 unspecified atom stereocenters. The van der Waals surface area contributed by atoms with Crippen molar-refractivity contribution in [1.29, 1.82) is 5.26 Å². The molecule has 1 amide bonds. The summed E-state index contributed by atoms with van der Waals surface area (Å²) in [5.74, 6) is 1.93. The van der Waals surface area contributed by atoms with E-state index in [0.29, 0.717) is 21.8 Å². The Hall–Kier alpha value is -1.97. The van der Waals surface area contributed by atoms with Gasteiger partial charge in [-0.25, -0.2) is 0 Å². The SMILES string of the molecule is N#Cc1cc(N)ccc1NC(=O)c1cc2c(s1)CCSC2. The van der Waals surface area contributed by atoms with Crippen molar-refractivity contribution in [3.8, 4) is 6.07 Å². The van der Waals surface area contributed by atoms with Crippen LogP contribution in [0.2, 0.25) is 0 Å². The van der Waals surface area contributed by atoms with Crippen molar-refractivity contribution in [2.45, 2.75) is 12.2 Å². The van der Waals surface area contributed by atoms with Crippen molar-refractivity contribution >= 4 is 40.4 Å². The lowest BCUT2D eigenvalue weighted by Crippen LogP contribution is -2.11. The third-order valence-electron chi connectivity index (χ3n) is 3.26. The van der Waals surface area contributed by atoms with Gasteiger partial charge >= 0.3 is 0 Å². The molecule has 1 aliphatic rings. The number of hydrogen-bond acceptors (Lipinski definition) is 5. The van der Waals surface area contributed by atoms with Crippen LogP contribution in [-0.4, -0.2) is 11.7 Å². The van der Waals surface area contributed by atoms with Gasteiger partial charge < -0.3 is 11.1 Å². The Morgan fingerprint density at radius 1 is 1.38 bits per heavy atom. The predicted octanol–water partition coefficient (Wildman–Crippen LogP) is 3.24. The molecule has 0 saturated carbocycles. The molecule has 0 fully saturated rings. The zero-order chi connectivity index (χ0) is 14.8. The van der Waals surface area contributed by atoms with Crippen LogP contribution in [0.4, 0.5) is 11.4 Å². The highest BCUT2D eigenvalue weighted by Gasteiger charge is 2.18. The summed E-state index contributed by atoms with van der Waals surface area (Å²) in [4.78, 5) is 14.3. The van der Waals surface area contributed by atoms with E-state index in [4.69, 9.17) is 11.0 Å². The minimum absolute atomic E-state index is 0.166. The van der Waals surface area contributed by atoms with Gasteiger partial charge in [-0.05, 0) is 42.0 Å². The summed E-state index contributed by atoms with van der Waals surface area (Å²) < 4.78 is 0. The number of anilines is 2. The van der Waals surface area contributed by atoms with Crippen LogP contribution in [0.5, 0.6) is 0 Å². The number of nitrogens with one attached hydrogen (secondary N) is 1. The second kappa shape index (κ2) is 5.80. The highest BCUT2D eigenvalue weighted by Crippen LogP contribution is 2.32. The molecule has 21 heavy (non-hydrogen) atoms. The highest BCUT2D eigenvalue weighted by atomic mass is 32.2. The normalized spacial score (nSPS) is 13.3. The number of aryl methyl sites for hydroxylation is 1. The van der Waals surface area contributed by atoms with Gasteiger partial charge in [-0.1, -0.05) is 0 Å². The maximum Gasteiger partial charge on any atom is 0.265 e. The van der Waals surface area contributed by atoms with Crippen LogP contribution in [0.3, 0.4) is 0 Å². The van der Waals surface area contributed by atoms with Crippen molar-refractivity contribution in [1.82, 2.24) is 0 Å². The molecule has 4 nitrogen and oxygen atoms in total. The number of carbonyl (C=O) groups is 1. The fourth-order valence-electron chi connectivity index (χ4n) is 2.21. The van der Waals surface area contributed by atoms with Gasteiger partial charge in [-0.2, -0.15) is 17.0 Å². The van der Waals surface area contributed by atoms with Crippen LogP contribution < -0.4 is 11.1 Å². The van der Waals surface area contributed by atoms with Gasteiger partial charge in [0.2, 0.25) is 0 Å². The molecule has 0 spiro atoms. The highest BCUT2D eigenvalue weighted by molar-refractivity contribution is 7.98. The predicted molar refractivity (Wildman–Crippen MR) is 87.7 cm³/mol. The number of thiophene rings is 1. The number of nitrogens with two attached hydrogens (primary N) is 1. The van der Waals surface area contributed by atoms with Crippen molar-refractivity contribution in [2.75, 3.05) is 16.8 Å². The molecule has 0 radical (unpaired) electrons. The molecular weight excluding hydrogens is 302 g/mol. The number of hydrogen-bond donors (Lipinski definition) is 2. The Morgan fingerprint density at radius 3 is 3.00 bits per heavy atom. The number of fused-ring (bicyclic) bond motifs is 1. The Kier molecular flexibility index (Phi) is 3.86. The van der Waals surface area contributed by atoms with Gasteiger partial charge in [-0.15, -0.1) is 11.3 Å². The Morgan fingerprint density at radius 2 is 2.24 bits per heavy atom. The molecule has 2 heterocycles. The minimum Gasteiger partial charge on any atom is -0.399 e. The second-order valence-corrected chi connectivity index (χ2v) is 6.97. The molecule has 1 aliphatic heterocycles.